The molecule has 1 aliphatic rings. The summed E-state index contributed by atoms with van der Waals surface area (Å²) in [6, 6.07) is 12.3. The predicted octanol–water partition coefficient (Wildman–Crippen LogP) is 4.67. The normalized spacial score (nSPS) is 14.3. The van der Waals surface area contributed by atoms with Crippen molar-refractivity contribution < 1.29 is 4.39 Å². The van der Waals surface area contributed by atoms with Crippen LogP contribution in [0.5, 0.6) is 0 Å². The van der Waals surface area contributed by atoms with Crippen molar-refractivity contribution >= 4 is 40.9 Å². The lowest BCUT2D eigenvalue weighted by atomic mass is 10.1. The zero-order chi connectivity index (χ0) is 21.5. The highest BCUT2D eigenvalue weighted by atomic mass is 32.1. The molecule has 0 radical (unpaired) electrons. The van der Waals surface area contributed by atoms with Gasteiger partial charge >= 0.3 is 0 Å². The molecule has 3 heterocycles. The van der Waals surface area contributed by atoms with Crippen molar-refractivity contribution in [2.45, 2.75) is 24.2 Å². The molecule has 5 rings (SSSR count). The van der Waals surface area contributed by atoms with Crippen molar-refractivity contribution in [3.05, 3.63) is 54.5 Å². The number of fused-ring (bicyclic) bond motifs is 1. The van der Waals surface area contributed by atoms with E-state index in [2.05, 4.69) is 22.5 Å². The van der Waals surface area contributed by atoms with E-state index >= 15 is 0 Å². The zero-order valence-electron chi connectivity index (χ0n) is 16.9. The van der Waals surface area contributed by atoms with Crippen LogP contribution in [-0.2, 0) is 0 Å². The first-order chi connectivity index (χ1) is 15.0. The standard InChI is InChI=1S/C23H23FN6S/c24-16-12-14(4-6-17(16)25)22-28-21-19(29-10-2-1-3-11-29)8-9-27-23(21)30(22)15-5-7-20(31)18(26)13-15/h4-9,12-13,31H,1-3,10-11,25-26H2. The van der Waals surface area contributed by atoms with Gasteiger partial charge in [-0.1, -0.05) is 0 Å². The van der Waals surface area contributed by atoms with Crippen LogP contribution in [-0.4, -0.2) is 27.6 Å². The van der Waals surface area contributed by atoms with Gasteiger partial charge in [0, 0.05) is 35.4 Å². The van der Waals surface area contributed by atoms with Crippen molar-refractivity contribution in [1.29, 1.82) is 0 Å². The summed E-state index contributed by atoms with van der Waals surface area (Å²) >= 11 is 4.39. The molecule has 2 aromatic carbocycles. The van der Waals surface area contributed by atoms with E-state index in [1.165, 1.54) is 12.5 Å². The largest absolute Gasteiger partial charge is 0.398 e. The monoisotopic (exact) mass is 434 g/mol. The Bertz CT molecular complexity index is 1280. The second-order valence-corrected chi connectivity index (χ2v) is 8.28. The van der Waals surface area contributed by atoms with Gasteiger partial charge in [0.2, 0.25) is 0 Å². The molecule has 0 spiro atoms. The van der Waals surface area contributed by atoms with Crippen molar-refractivity contribution in [2.24, 2.45) is 0 Å². The summed E-state index contributed by atoms with van der Waals surface area (Å²) in [5.41, 5.74) is 16.4. The molecule has 31 heavy (non-hydrogen) atoms. The van der Waals surface area contributed by atoms with E-state index in [0.717, 1.165) is 42.8 Å². The molecule has 0 unspecified atom stereocenters. The fraction of sp³-hybridized carbons (Fsp3) is 0.217. The minimum Gasteiger partial charge on any atom is -0.398 e. The van der Waals surface area contributed by atoms with Gasteiger partial charge in [-0.25, -0.2) is 14.4 Å². The maximum absolute atomic E-state index is 14.3. The van der Waals surface area contributed by atoms with Crippen LogP contribution >= 0.6 is 12.6 Å². The number of nitrogens with two attached hydrogens (primary N) is 2. The number of benzene rings is 2. The molecule has 2 aromatic heterocycles. The SMILES string of the molecule is Nc1ccc(-c2nc3c(N4CCCCC4)ccnc3n2-c2ccc(S)c(N)c2)cc1F. The Kier molecular flexibility index (Phi) is 4.94. The molecule has 6 nitrogen and oxygen atoms in total. The summed E-state index contributed by atoms with van der Waals surface area (Å²) in [6.07, 6.45) is 5.35. The van der Waals surface area contributed by atoms with Crippen LogP contribution in [0.2, 0.25) is 0 Å². The van der Waals surface area contributed by atoms with Gasteiger partial charge in [-0.05, 0) is 61.7 Å². The molecule has 0 bridgehead atoms. The number of thiol groups is 1. The number of hydrogen-bond donors (Lipinski definition) is 3. The van der Waals surface area contributed by atoms with E-state index in [-0.39, 0.29) is 5.69 Å². The molecule has 1 saturated heterocycles. The van der Waals surface area contributed by atoms with E-state index in [0.29, 0.717) is 27.6 Å². The lowest BCUT2D eigenvalue weighted by Crippen LogP contribution is -2.29. The number of pyridine rings is 1. The molecule has 0 aliphatic carbocycles. The fourth-order valence-corrected chi connectivity index (χ4v) is 4.27. The lowest BCUT2D eigenvalue weighted by Gasteiger charge is -2.28. The number of hydrogen-bond acceptors (Lipinski definition) is 6. The molecule has 1 aliphatic heterocycles. The van der Waals surface area contributed by atoms with Gasteiger partial charge in [-0.2, -0.15) is 0 Å². The van der Waals surface area contributed by atoms with Gasteiger partial charge in [0.1, 0.15) is 17.2 Å². The molecule has 0 amide bonds. The number of halogens is 1. The van der Waals surface area contributed by atoms with Gasteiger partial charge in [0.15, 0.2) is 5.65 Å². The van der Waals surface area contributed by atoms with Gasteiger partial charge < -0.3 is 16.4 Å². The van der Waals surface area contributed by atoms with E-state index in [9.17, 15) is 4.39 Å². The Morgan fingerprint density at radius 3 is 2.48 bits per heavy atom. The van der Waals surface area contributed by atoms with Gasteiger partial charge in [-0.15, -0.1) is 12.6 Å². The molecule has 1 fully saturated rings. The quantitative estimate of drug-likeness (QED) is 0.322. The number of nitrogens with zero attached hydrogens (tertiary/aromatic N) is 4. The summed E-state index contributed by atoms with van der Waals surface area (Å²) in [6.45, 7) is 1.97. The minimum atomic E-state index is -0.481. The first kappa shape index (κ1) is 19.7. The fourth-order valence-electron chi connectivity index (χ4n) is 4.14. The molecular weight excluding hydrogens is 411 g/mol. The molecule has 8 heteroatoms. The van der Waals surface area contributed by atoms with E-state index < -0.39 is 5.82 Å². The van der Waals surface area contributed by atoms with Gasteiger partial charge in [-0.3, -0.25) is 4.57 Å². The second kappa shape index (κ2) is 7.77. The maximum atomic E-state index is 14.3. The number of piperidine rings is 1. The Morgan fingerprint density at radius 1 is 0.935 bits per heavy atom. The molecule has 0 saturated carbocycles. The number of aromatic nitrogens is 3. The Morgan fingerprint density at radius 2 is 1.74 bits per heavy atom. The molecule has 0 atom stereocenters. The lowest BCUT2D eigenvalue weighted by molar-refractivity contribution is 0.578. The molecule has 4 aromatic rings. The number of anilines is 3. The van der Waals surface area contributed by atoms with Gasteiger partial charge in [0.25, 0.3) is 0 Å². The van der Waals surface area contributed by atoms with Crippen molar-refractivity contribution in [3.63, 3.8) is 0 Å². The van der Waals surface area contributed by atoms with E-state index in [4.69, 9.17) is 16.5 Å². The van der Waals surface area contributed by atoms with Crippen LogP contribution in [0.3, 0.4) is 0 Å². The number of rotatable bonds is 3. The molecule has 158 valence electrons. The predicted molar refractivity (Wildman–Crippen MR) is 126 cm³/mol. The Balaban J connectivity index is 1.79. The number of imidazole rings is 1. The summed E-state index contributed by atoms with van der Waals surface area (Å²) in [5.74, 6) is 0.0997. The maximum Gasteiger partial charge on any atom is 0.167 e. The average molecular weight is 435 g/mol. The minimum absolute atomic E-state index is 0.0993. The molecule has 4 N–H and O–H groups in total. The summed E-state index contributed by atoms with van der Waals surface area (Å²) in [7, 11) is 0. The van der Waals surface area contributed by atoms with Crippen LogP contribution in [0.4, 0.5) is 21.5 Å². The third-order valence-electron chi connectivity index (χ3n) is 5.75. The smallest absolute Gasteiger partial charge is 0.167 e. The topological polar surface area (TPSA) is 86.0 Å². The third kappa shape index (κ3) is 3.46. The van der Waals surface area contributed by atoms with E-state index in [1.54, 1.807) is 18.3 Å². The Hall–Kier alpha value is -3.26. The molecular formula is C23H23FN6S. The highest BCUT2D eigenvalue weighted by Crippen LogP contribution is 2.35. The summed E-state index contributed by atoms with van der Waals surface area (Å²) < 4.78 is 16.2. The summed E-state index contributed by atoms with van der Waals surface area (Å²) in [4.78, 5) is 12.6. The third-order valence-corrected chi connectivity index (χ3v) is 6.16. The summed E-state index contributed by atoms with van der Waals surface area (Å²) in [5, 5.41) is 0. The van der Waals surface area contributed by atoms with Crippen molar-refractivity contribution in [1.82, 2.24) is 14.5 Å². The van der Waals surface area contributed by atoms with Gasteiger partial charge in [0.05, 0.1) is 17.1 Å². The van der Waals surface area contributed by atoms with Crippen molar-refractivity contribution in [3.8, 4) is 17.1 Å². The highest BCUT2D eigenvalue weighted by molar-refractivity contribution is 7.80. The highest BCUT2D eigenvalue weighted by Gasteiger charge is 2.22. The van der Waals surface area contributed by atoms with Crippen LogP contribution in [0.15, 0.2) is 53.6 Å². The van der Waals surface area contributed by atoms with Crippen LogP contribution in [0.1, 0.15) is 19.3 Å². The van der Waals surface area contributed by atoms with Crippen LogP contribution < -0.4 is 16.4 Å². The number of nitrogen functional groups attached to an aromatic ring is 2. The van der Waals surface area contributed by atoms with Crippen molar-refractivity contribution in [2.75, 3.05) is 29.5 Å². The first-order valence-corrected chi connectivity index (χ1v) is 10.7. The van der Waals surface area contributed by atoms with Crippen LogP contribution in [0.25, 0.3) is 28.2 Å². The second-order valence-electron chi connectivity index (χ2n) is 7.80. The Labute approximate surface area is 185 Å². The zero-order valence-corrected chi connectivity index (χ0v) is 17.8. The average Bonchev–Trinajstić information content (AvgIpc) is 3.18. The van der Waals surface area contributed by atoms with Crippen LogP contribution in [0, 0.1) is 5.82 Å². The first-order valence-electron chi connectivity index (χ1n) is 10.3. The van der Waals surface area contributed by atoms with E-state index in [1.807, 2.05) is 28.8 Å².